The van der Waals surface area contributed by atoms with Crippen molar-refractivity contribution in [2.24, 2.45) is 0 Å². The molecule has 72 valence electrons. The van der Waals surface area contributed by atoms with Crippen molar-refractivity contribution in [3.05, 3.63) is 23.3 Å². The molecule has 3 nitrogen and oxygen atoms in total. The van der Waals surface area contributed by atoms with Gasteiger partial charge in [0.15, 0.2) is 11.5 Å². The molecule has 0 aliphatic carbocycles. The maximum atomic E-state index is 9.45. The van der Waals surface area contributed by atoms with Gasteiger partial charge < -0.3 is 14.9 Å². The summed E-state index contributed by atoms with van der Waals surface area (Å²) in [5, 5.41) is 18.9. The predicted molar refractivity (Wildman–Crippen MR) is 50.0 cm³/mol. The number of methoxy groups -OCH3 is 1. The third kappa shape index (κ3) is 1.75. The van der Waals surface area contributed by atoms with Crippen molar-refractivity contribution < 1.29 is 14.9 Å². The van der Waals surface area contributed by atoms with Crippen LogP contribution in [0, 0.1) is 6.92 Å². The van der Waals surface area contributed by atoms with Crippen LogP contribution >= 0.6 is 0 Å². The molecule has 1 aromatic carbocycles. The molecule has 0 aliphatic heterocycles. The normalized spacial score (nSPS) is 12.6. The molecule has 1 unspecified atom stereocenters. The number of aryl methyl sites for hydroxylation is 1. The second-order valence-corrected chi connectivity index (χ2v) is 3.02. The highest BCUT2D eigenvalue weighted by Gasteiger charge is 2.15. The highest BCUT2D eigenvalue weighted by molar-refractivity contribution is 5.50. The van der Waals surface area contributed by atoms with Crippen LogP contribution in [0.2, 0.25) is 0 Å². The van der Waals surface area contributed by atoms with Gasteiger partial charge in [0.05, 0.1) is 13.2 Å². The number of hydrogen-bond acceptors (Lipinski definition) is 3. The highest BCUT2D eigenvalue weighted by Crippen LogP contribution is 2.35. The standard InChI is InChI=1S/C10H14O3/c1-6-4-5-8(12)10(13-3)9(6)7(2)11/h4-5,7,11-12H,1-3H3. The highest BCUT2D eigenvalue weighted by atomic mass is 16.5. The minimum absolute atomic E-state index is 0.0593. The molecule has 0 heterocycles. The molecule has 0 aromatic heterocycles. The summed E-state index contributed by atoms with van der Waals surface area (Å²) >= 11 is 0. The average molecular weight is 182 g/mol. The summed E-state index contributed by atoms with van der Waals surface area (Å²) in [7, 11) is 1.47. The molecule has 13 heavy (non-hydrogen) atoms. The number of ether oxygens (including phenoxy) is 1. The first kappa shape index (κ1) is 9.86. The van der Waals surface area contributed by atoms with Crippen LogP contribution in [0.15, 0.2) is 12.1 Å². The molecule has 1 rings (SSSR count). The average Bonchev–Trinajstić information content (AvgIpc) is 2.07. The number of aliphatic hydroxyl groups excluding tert-OH is 1. The van der Waals surface area contributed by atoms with E-state index in [2.05, 4.69) is 0 Å². The van der Waals surface area contributed by atoms with Gasteiger partial charge in [-0.2, -0.15) is 0 Å². The van der Waals surface area contributed by atoms with E-state index < -0.39 is 6.10 Å². The molecular weight excluding hydrogens is 168 g/mol. The molecule has 1 atom stereocenters. The first-order valence-electron chi connectivity index (χ1n) is 4.12. The van der Waals surface area contributed by atoms with Gasteiger partial charge in [-0.05, 0) is 25.5 Å². The molecule has 0 saturated heterocycles. The summed E-state index contributed by atoms with van der Waals surface area (Å²) in [6.45, 7) is 3.51. The Labute approximate surface area is 77.6 Å². The van der Waals surface area contributed by atoms with Gasteiger partial charge in [-0.25, -0.2) is 0 Å². The molecule has 0 fully saturated rings. The Bertz CT molecular complexity index is 305. The number of phenolic OH excluding ortho intramolecular Hbond substituents is 1. The fourth-order valence-corrected chi connectivity index (χ4v) is 1.42. The van der Waals surface area contributed by atoms with Crippen molar-refractivity contribution in [3.8, 4) is 11.5 Å². The Hall–Kier alpha value is -1.22. The summed E-state index contributed by atoms with van der Waals surface area (Å²) in [6, 6.07) is 3.31. The van der Waals surface area contributed by atoms with Crippen LogP contribution in [-0.4, -0.2) is 17.3 Å². The lowest BCUT2D eigenvalue weighted by Gasteiger charge is -2.14. The lowest BCUT2D eigenvalue weighted by Crippen LogP contribution is -1.99. The maximum Gasteiger partial charge on any atom is 0.166 e. The molecule has 0 spiro atoms. The zero-order valence-electron chi connectivity index (χ0n) is 8.03. The van der Waals surface area contributed by atoms with Gasteiger partial charge in [-0.1, -0.05) is 6.07 Å². The molecule has 0 radical (unpaired) electrons. The Morgan fingerprint density at radius 3 is 2.38 bits per heavy atom. The number of benzene rings is 1. The Morgan fingerprint density at radius 2 is 2.00 bits per heavy atom. The third-order valence-corrected chi connectivity index (χ3v) is 2.02. The zero-order valence-corrected chi connectivity index (χ0v) is 8.03. The second-order valence-electron chi connectivity index (χ2n) is 3.02. The minimum atomic E-state index is -0.637. The number of phenols is 1. The molecule has 0 bridgehead atoms. The van der Waals surface area contributed by atoms with Crippen LogP contribution in [0.5, 0.6) is 11.5 Å². The van der Waals surface area contributed by atoms with E-state index in [1.54, 1.807) is 19.1 Å². The van der Waals surface area contributed by atoms with Crippen molar-refractivity contribution >= 4 is 0 Å². The van der Waals surface area contributed by atoms with E-state index in [1.807, 2.05) is 6.92 Å². The van der Waals surface area contributed by atoms with Gasteiger partial charge in [0, 0.05) is 5.56 Å². The van der Waals surface area contributed by atoms with E-state index in [-0.39, 0.29) is 5.75 Å². The van der Waals surface area contributed by atoms with Crippen molar-refractivity contribution in [2.45, 2.75) is 20.0 Å². The fourth-order valence-electron chi connectivity index (χ4n) is 1.42. The summed E-state index contributed by atoms with van der Waals surface area (Å²) in [4.78, 5) is 0. The fraction of sp³-hybridized carbons (Fsp3) is 0.400. The summed E-state index contributed by atoms with van der Waals surface area (Å²) in [5.74, 6) is 0.416. The Balaban J connectivity index is 3.35. The molecule has 0 aliphatic rings. The van der Waals surface area contributed by atoms with Gasteiger partial charge in [0.1, 0.15) is 0 Å². The SMILES string of the molecule is COc1c(O)ccc(C)c1C(C)O. The summed E-state index contributed by atoms with van der Waals surface area (Å²) in [6.07, 6.45) is -0.637. The molecule has 0 saturated carbocycles. The molecule has 0 amide bonds. The largest absolute Gasteiger partial charge is 0.504 e. The van der Waals surface area contributed by atoms with Crippen LogP contribution < -0.4 is 4.74 Å². The van der Waals surface area contributed by atoms with Crippen LogP contribution in [0.3, 0.4) is 0 Å². The van der Waals surface area contributed by atoms with Crippen molar-refractivity contribution in [2.75, 3.05) is 7.11 Å². The predicted octanol–water partition coefficient (Wildman–Crippen LogP) is 1.76. The van der Waals surface area contributed by atoms with E-state index in [0.717, 1.165) is 5.56 Å². The number of aromatic hydroxyl groups is 1. The molecule has 1 aromatic rings. The van der Waals surface area contributed by atoms with E-state index in [1.165, 1.54) is 7.11 Å². The van der Waals surface area contributed by atoms with Crippen LogP contribution in [0.25, 0.3) is 0 Å². The number of hydrogen-bond donors (Lipinski definition) is 2. The van der Waals surface area contributed by atoms with E-state index in [4.69, 9.17) is 4.74 Å². The van der Waals surface area contributed by atoms with E-state index in [9.17, 15) is 10.2 Å². The summed E-state index contributed by atoms with van der Waals surface area (Å²) < 4.78 is 5.01. The van der Waals surface area contributed by atoms with E-state index in [0.29, 0.717) is 11.3 Å². The van der Waals surface area contributed by atoms with Crippen LogP contribution in [0.4, 0.5) is 0 Å². The zero-order chi connectivity index (χ0) is 10.0. The van der Waals surface area contributed by atoms with E-state index >= 15 is 0 Å². The summed E-state index contributed by atoms with van der Waals surface area (Å²) in [5.41, 5.74) is 1.55. The van der Waals surface area contributed by atoms with Crippen LogP contribution in [0.1, 0.15) is 24.2 Å². The van der Waals surface area contributed by atoms with Crippen molar-refractivity contribution in [1.29, 1.82) is 0 Å². The van der Waals surface area contributed by atoms with Gasteiger partial charge in [-0.15, -0.1) is 0 Å². The monoisotopic (exact) mass is 182 g/mol. The lowest BCUT2D eigenvalue weighted by molar-refractivity contribution is 0.192. The van der Waals surface area contributed by atoms with Gasteiger partial charge in [0.25, 0.3) is 0 Å². The maximum absolute atomic E-state index is 9.45. The van der Waals surface area contributed by atoms with Crippen molar-refractivity contribution in [1.82, 2.24) is 0 Å². The number of rotatable bonds is 2. The van der Waals surface area contributed by atoms with Gasteiger partial charge >= 0.3 is 0 Å². The quantitative estimate of drug-likeness (QED) is 0.732. The van der Waals surface area contributed by atoms with Gasteiger partial charge in [0.2, 0.25) is 0 Å². The number of aliphatic hydroxyl groups is 1. The molecule has 2 N–H and O–H groups in total. The van der Waals surface area contributed by atoms with Crippen molar-refractivity contribution in [3.63, 3.8) is 0 Å². The minimum Gasteiger partial charge on any atom is -0.504 e. The topological polar surface area (TPSA) is 49.7 Å². The Kier molecular flexibility index (Phi) is 2.78. The lowest BCUT2D eigenvalue weighted by atomic mass is 10.0. The first-order valence-corrected chi connectivity index (χ1v) is 4.12. The van der Waals surface area contributed by atoms with Crippen LogP contribution in [-0.2, 0) is 0 Å². The smallest absolute Gasteiger partial charge is 0.166 e. The molecular formula is C10H14O3. The van der Waals surface area contributed by atoms with Gasteiger partial charge in [-0.3, -0.25) is 0 Å². The Morgan fingerprint density at radius 1 is 1.38 bits per heavy atom. The first-order chi connectivity index (χ1) is 6.07. The molecule has 3 heteroatoms. The third-order valence-electron chi connectivity index (χ3n) is 2.02. The second kappa shape index (κ2) is 3.66.